The summed E-state index contributed by atoms with van der Waals surface area (Å²) in [5.74, 6) is 2.70. The Morgan fingerprint density at radius 2 is 2.00 bits per heavy atom. The quantitative estimate of drug-likeness (QED) is 0.717. The lowest BCUT2D eigenvalue weighted by Gasteiger charge is -2.10. The summed E-state index contributed by atoms with van der Waals surface area (Å²) >= 11 is 0. The molecule has 0 bridgehead atoms. The van der Waals surface area contributed by atoms with E-state index in [1.807, 2.05) is 14.0 Å². The Hall–Kier alpha value is -2.44. The molecule has 0 saturated heterocycles. The molecule has 1 saturated carbocycles. The third-order valence-corrected chi connectivity index (χ3v) is 4.73. The first-order valence-corrected chi connectivity index (χ1v) is 8.27. The minimum absolute atomic E-state index is 0.517. The lowest BCUT2D eigenvalue weighted by Crippen LogP contribution is -2.02. The van der Waals surface area contributed by atoms with Gasteiger partial charge in [0.2, 0.25) is 11.8 Å². The SMILES string of the molecule is COc1nn(C)c2nc(C)c(CCc3nc(C4CC4)no3)c(C)c12. The summed E-state index contributed by atoms with van der Waals surface area (Å²) in [5, 5.41) is 9.45. The average molecular weight is 327 g/mol. The largest absolute Gasteiger partial charge is 0.479 e. The molecular weight excluding hydrogens is 306 g/mol. The van der Waals surface area contributed by atoms with Crippen LogP contribution in [0, 0.1) is 13.8 Å². The molecule has 0 aliphatic heterocycles. The van der Waals surface area contributed by atoms with Crippen LogP contribution < -0.4 is 4.74 Å². The van der Waals surface area contributed by atoms with Crippen molar-refractivity contribution < 1.29 is 9.26 Å². The van der Waals surface area contributed by atoms with E-state index >= 15 is 0 Å². The predicted molar refractivity (Wildman–Crippen MR) is 88.2 cm³/mol. The highest BCUT2D eigenvalue weighted by atomic mass is 16.5. The number of nitrogens with zero attached hydrogens (tertiary/aromatic N) is 5. The number of hydrogen-bond acceptors (Lipinski definition) is 6. The van der Waals surface area contributed by atoms with Gasteiger partial charge in [0.1, 0.15) is 0 Å². The third-order valence-electron chi connectivity index (χ3n) is 4.73. The standard InChI is InChI=1S/C17H21N5O2/c1-9-12(7-8-13-19-15(21-24-13)11-5-6-11)10(2)18-16-14(9)17(23-4)20-22(16)3/h11H,5-8H2,1-4H3. The molecule has 4 rings (SSSR count). The van der Waals surface area contributed by atoms with E-state index in [0.29, 0.717) is 17.7 Å². The maximum Gasteiger partial charge on any atom is 0.242 e. The van der Waals surface area contributed by atoms with Gasteiger partial charge < -0.3 is 9.26 Å². The normalized spacial score (nSPS) is 14.5. The Balaban J connectivity index is 1.65. The minimum Gasteiger partial charge on any atom is -0.479 e. The maximum atomic E-state index is 5.41. The van der Waals surface area contributed by atoms with Gasteiger partial charge in [0.25, 0.3) is 0 Å². The van der Waals surface area contributed by atoms with E-state index in [4.69, 9.17) is 14.2 Å². The molecule has 3 aromatic heterocycles. The summed E-state index contributed by atoms with van der Waals surface area (Å²) in [6.07, 6.45) is 3.89. The first-order valence-electron chi connectivity index (χ1n) is 8.27. The molecule has 1 aliphatic rings. The highest BCUT2D eigenvalue weighted by Gasteiger charge is 2.28. The molecule has 7 heteroatoms. The smallest absolute Gasteiger partial charge is 0.242 e. The highest BCUT2D eigenvalue weighted by Crippen LogP contribution is 2.38. The van der Waals surface area contributed by atoms with E-state index in [1.165, 1.54) is 18.4 Å². The van der Waals surface area contributed by atoms with Gasteiger partial charge >= 0.3 is 0 Å². The number of ether oxygens (including phenoxy) is 1. The van der Waals surface area contributed by atoms with Crippen LogP contribution in [0.25, 0.3) is 11.0 Å². The molecule has 0 aromatic carbocycles. The van der Waals surface area contributed by atoms with Crippen LogP contribution in [-0.4, -0.2) is 32.0 Å². The van der Waals surface area contributed by atoms with Crippen LogP contribution in [0.3, 0.4) is 0 Å². The molecule has 3 heterocycles. The molecular formula is C17H21N5O2. The van der Waals surface area contributed by atoms with Gasteiger partial charge in [-0.05, 0) is 44.2 Å². The van der Waals surface area contributed by atoms with E-state index in [0.717, 1.165) is 41.0 Å². The number of aromatic nitrogens is 5. The fraction of sp³-hybridized carbons (Fsp3) is 0.529. The van der Waals surface area contributed by atoms with Gasteiger partial charge in [0.05, 0.1) is 12.5 Å². The lowest BCUT2D eigenvalue weighted by molar-refractivity contribution is 0.373. The Morgan fingerprint density at radius 3 is 2.71 bits per heavy atom. The van der Waals surface area contributed by atoms with Crippen LogP contribution in [0.5, 0.6) is 5.88 Å². The van der Waals surface area contributed by atoms with Crippen molar-refractivity contribution in [2.45, 2.75) is 45.4 Å². The molecule has 1 fully saturated rings. The van der Waals surface area contributed by atoms with Crippen molar-refractivity contribution in [3.05, 3.63) is 28.5 Å². The van der Waals surface area contributed by atoms with Gasteiger partial charge in [-0.15, -0.1) is 5.10 Å². The van der Waals surface area contributed by atoms with Crippen LogP contribution in [0.4, 0.5) is 0 Å². The van der Waals surface area contributed by atoms with E-state index < -0.39 is 0 Å². The second-order valence-corrected chi connectivity index (χ2v) is 6.45. The van der Waals surface area contributed by atoms with E-state index in [-0.39, 0.29) is 0 Å². The van der Waals surface area contributed by atoms with Gasteiger partial charge in [-0.2, -0.15) is 4.98 Å². The summed E-state index contributed by atoms with van der Waals surface area (Å²) in [4.78, 5) is 9.22. The van der Waals surface area contributed by atoms with Gasteiger partial charge in [-0.25, -0.2) is 9.67 Å². The topological polar surface area (TPSA) is 78.9 Å². The zero-order valence-corrected chi connectivity index (χ0v) is 14.5. The first-order chi connectivity index (χ1) is 11.6. The zero-order chi connectivity index (χ0) is 16.8. The monoisotopic (exact) mass is 327 g/mol. The first kappa shape index (κ1) is 15.1. The Bertz CT molecular complexity index is 907. The molecule has 0 unspecified atom stereocenters. The molecule has 24 heavy (non-hydrogen) atoms. The van der Waals surface area contributed by atoms with Gasteiger partial charge in [0.15, 0.2) is 11.5 Å². The zero-order valence-electron chi connectivity index (χ0n) is 14.5. The van der Waals surface area contributed by atoms with Gasteiger partial charge in [-0.1, -0.05) is 5.16 Å². The fourth-order valence-electron chi connectivity index (χ4n) is 3.22. The highest BCUT2D eigenvalue weighted by molar-refractivity contribution is 5.86. The van der Waals surface area contributed by atoms with Crippen molar-refractivity contribution in [2.75, 3.05) is 7.11 Å². The summed E-state index contributed by atoms with van der Waals surface area (Å²) in [6, 6.07) is 0. The number of hydrogen-bond donors (Lipinski definition) is 0. The average Bonchev–Trinajstić information content (AvgIpc) is 3.22. The summed E-state index contributed by atoms with van der Waals surface area (Å²) in [7, 11) is 3.52. The van der Waals surface area contributed by atoms with Crippen LogP contribution in [0.15, 0.2) is 4.52 Å². The Kier molecular flexibility index (Phi) is 3.51. The van der Waals surface area contributed by atoms with Crippen LogP contribution >= 0.6 is 0 Å². The van der Waals surface area contributed by atoms with Crippen molar-refractivity contribution in [1.82, 2.24) is 24.9 Å². The predicted octanol–water partition coefficient (Wildman–Crippen LogP) is 2.64. The number of methoxy groups -OCH3 is 1. The maximum absolute atomic E-state index is 5.41. The molecule has 126 valence electrons. The summed E-state index contributed by atoms with van der Waals surface area (Å²) in [6.45, 7) is 4.13. The van der Waals surface area contributed by atoms with E-state index in [1.54, 1.807) is 11.8 Å². The Morgan fingerprint density at radius 1 is 1.21 bits per heavy atom. The molecule has 0 amide bonds. The number of aryl methyl sites for hydroxylation is 4. The lowest BCUT2D eigenvalue weighted by atomic mass is 10.0. The molecule has 0 N–H and O–H groups in total. The number of pyridine rings is 1. The second kappa shape index (κ2) is 5.58. The minimum atomic E-state index is 0.517. The molecule has 0 atom stereocenters. The van der Waals surface area contributed by atoms with Gasteiger partial charge in [0, 0.05) is 25.1 Å². The molecule has 1 aliphatic carbocycles. The summed E-state index contributed by atoms with van der Waals surface area (Å²) in [5.41, 5.74) is 4.20. The third kappa shape index (κ3) is 2.44. The van der Waals surface area contributed by atoms with Crippen LogP contribution in [0.1, 0.15) is 47.3 Å². The fourth-order valence-corrected chi connectivity index (χ4v) is 3.22. The Labute approximate surface area is 140 Å². The van der Waals surface area contributed by atoms with Crippen molar-refractivity contribution in [3.63, 3.8) is 0 Å². The molecule has 0 radical (unpaired) electrons. The molecule has 7 nitrogen and oxygen atoms in total. The van der Waals surface area contributed by atoms with Crippen LogP contribution in [-0.2, 0) is 19.9 Å². The molecule has 3 aromatic rings. The van der Waals surface area contributed by atoms with Crippen molar-refractivity contribution >= 4 is 11.0 Å². The van der Waals surface area contributed by atoms with Crippen LogP contribution in [0.2, 0.25) is 0 Å². The van der Waals surface area contributed by atoms with E-state index in [9.17, 15) is 0 Å². The number of fused-ring (bicyclic) bond motifs is 1. The number of rotatable bonds is 5. The van der Waals surface area contributed by atoms with Crippen molar-refractivity contribution in [2.24, 2.45) is 7.05 Å². The van der Waals surface area contributed by atoms with Crippen molar-refractivity contribution in [3.8, 4) is 5.88 Å². The molecule has 0 spiro atoms. The van der Waals surface area contributed by atoms with E-state index in [2.05, 4.69) is 22.2 Å². The van der Waals surface area contributed by atoms with Crippen molar-refractivity contribution in [1.29, 1.82) is 0 Å². The second-order valence-electron chi connectivity index (χ2n) is 6.45. The summed E-state index contributed by atoms with van der Waals surface area (Å²) < 4.78 is 12.6. The van der Waals surface area contributed by atoms with Gasteiger partial charge in [-0.3, -0.25) is 0 Å².